The van der Waals surface area contributed by atoms with Gasteiger partial charge in [-0.05, 0) is 30.3 Å². The minimum atomic E-state index is -3.03. The zero-order valence-electron chi connectivity index (χ0n) is 18.6. The van der Waals surface area contributed by atoms with Crippen LogP contribution in [0.4, 0.5) is 14.5 Å². The number of methoxy groups -OCH3 is 1. The summed E-state index contributed by atoms with van der Waals surface area (Å²) in [5, 5.41) is 4.91. The first-order valence-electron chi connectivity index (χ1n) is 10.6. The third kappa shape index (κ3) is 6.80. The first-order chi connectivity index (χ1) is 16.4. The van der Waals surface area contributed by atoms with Gasteiger partial charge in [-0.25, -0.2) is 0 Å². The summed E-state index contributed by atoms with van der Waals surface area (Å²) in [5.41, 5.74) is 1.20. The van der Waals surface area contributed by atoms with E-state index >= 15 is 0 Å². The number of benzene rings is 2. The average molecular weight is 476 g/mol. The zero-order chi connectivity index (χ0) is 24.5. The molecule has 1 fully saturated rings. The van der Waals surface area contributed by atoms with Crippen LogP contribution in [0.3, 0.4) is 0 Å². The molecule has 1 heterocycles. The summed E-state index contributed by atoms with van der Waals surface area (Å²) in [7, 11) is 1.25. The molecule has 1 aliphatic rings. The summed E-state index contributed by atoms with van der Waals surface area (Å²) < 4.78 is 34.1. The van der Waals surface area contributed by atoms with Crippen LogP contribution in [0.25, 0.3) is 0 Å². The number of para-hydroxylation sites is 1. The number of nitrogens with zero attached hydrogens (tertiary/aromatic N) is 2. The number of alkyl halides is 2. The van der Waals surface area contributed by atoms with Crippen molar-refractivity contribution in [1.82, 2.24) is 15.5 Å². The Balaban J connectivity index is 1.40. The molecule has 2 N–H and O–H groups in total. The fraction of sp³-hybridized carbons (Fsp3) is 0.348. The average Bonchev–Trinajstić information content (AvgIpc) is 2.86. The Morgan fingerprint density at radius 2 is 1.65 bits per heavy atom. The zero-order valence-corrected chi connectivity index (χ0v) is 18.6. The van der Waals surface area contributed by atoms with Crippen molar-refractivity contribution in [2.24, 2.45) is 0 Å². The number of ether oxygens (including phenoxy) is 2. The van der Waals surface area contributed by atoms with E-state index < -0.39 is 18.4 Å². The predicted molar refractivity (Wildman–Crippen MR) is 120 cm³/mol. The number of carbonyl (C=O) groups is 3. The molecule has 1 aliphatic heterocycles. The van der Waals surface area contributed by atoms with Crippen molar-refractivity contribution in [1.29, 1.82) is 0 Å². The van der Waals surface area contributed by atoms with Crippen molar-refractivity contribution >= 4 is 23.4 Å². The van der Waals surface area contributed by atoms with Crippen molar-refractivity contribution in [3.63, 3.8) is 0 Å². The molecule has 9 nitrogen and oxygen atoms in total. The van der Waals surface area contributed by atoms with Crippen LogP contribution in [0.1, 0.15) is 10.4 Å². The van der Waals surface area contributed by atoms with Crippen molar-refractivity contribution in [2.75, 3.05) is 51.3 Å². The molecule has 0 aliphatic carbocycles. The molecule has 34 heavy (non-hydrogen) atoms. The highest BCUT2D eigenvalue weighted by Crippen LogP contribution is 2.29. The van der Waals surface area contributed by atoms with Crippen molar-refractivity contribution < 1.29 is 32.6 Å². The second-order valence-electron chi connectivity index (χ2n) is 7.41. The lowest BCUT2D eigenvalue weighted by Crippen LogP contribution is -2.51. The molecule has 182 valence electrons. The number of carbonyl (C=O) groups excluding carboxylic acids is 3. The molecule has 0 spiro atoms. The van der Waals surface area contributed by atoms with Crippen LogP contribution >= 0.6 is 0 Å². The Kier molecular flexibility index (Phi) is 8.60. The van der Waals surface area contributed by atoms with E-state index in [4.69, 9.17) is 4.74 Å². The number of hydrogen-bond acceptors (Lipinski definition) is 6. The largest absolute Gasteiger partial charge is 0.493 e. The molecule has 11 heteroatoms. The number of hydrogen-bond donors (Lipinski definition) is 2. The topological polar surface area (TPSA) is 100 Å². The third-order valence-corrected chi connectivity index (χ3v) is 5.24. The molecule has 2 aromatic rings. The summed E-state index contributed by atoms with van der Waals surface area (Å²) in [6, 6.07) is 13.6. The molecule has 3 amide bonds. The van der Waals surface area contributed by atoms with E-state index in [1.807, 2.05) is 30.3 Å². The summed E-state index contributed by atoms with van der Waals surface area (Å²) in [5.74, 6) is -1.60. The summed E-state index contributed by atoms with van der Waals surface area (Å²) in [6.45, 7) is -1.07. The van der Waals surface area contributed by atoms with Crippen LogP contribution in [-0.4, -0.2) is 75.6 Å². The van der Waals surface area contributed by atoms with Gasteiger partial charge in [0, 0.05) is 37.4 Å². The van der Waals surface area contributed by atoms with Crippen LogP contribution in [-0.2, 0) is 9.59 Å². The number of piperazine rings is 1. The van der Waals surface area contributed by atoms with Gasteiger partial charge in [0.15, 0.2) is 11.5 Å². The first kappa shape index (κ1) is 24.7. The van der Waals surface area contributed by atoms with Crippen molar-refractivity contribution in [3.05, 3.63) is 54.1 Å². The maximum absolute atomic E-state index is 12.4. The van der Waals surface area contributed by atoms with Crippen LogP contribution in [0.5, 0.6) is 11.5 Å². The van der Waals surface area contributed by atoms with Gasteiger partial charge in [-0.3, -0.25) is 14.4 Å². The van der Waals surface area contributed by atoms with E-state index in [1.165, 1.54) is 25.3 Å². The molecule has 0 bridgehead atoms. The SMILES string of the molecule is COc1cc(C(=O)NCC(=O)NCC(=O)N2CCN(c3ccccc3)CC2)ccc1OC(F)F. The predicted octanol–water partition coefficient (Wildman–Crippen LogP) is 1.49. The minimum absolute atomic E-state index is 0.0460. The smallest absolute Gasteiger partial charge is 0.387 e. The Morgan fingerprint density at radius 3 is 2.29 bits per heavy atom. The Hall–Kier alpha value is -3.89. The molecule has 0 unspecified atom stereocenters. The van der Waals surface area contributed by atoms with E-state index in [0.717, 1.165) is 5.69 Å². The molecular weight excluding hydrogens is 450 g/mol. The van der Waals surface area contributed by atoms with Gasteiger partial charge in [0.2, 0.25) is 11.8 Å². The van der Waals surface area contributed by atoms with Crippen molar-refractivity contribution in [3.8, 4) is 11.5 Å². The molecule has 1 saturated heterocycles. The van der Waals surface area contributed by atoms with Crippen molar-refractivity contribution in [2.45, 2.75) is 6.61 Å². The van der Waals surface area contributed by atoms with Gasteiger partial charge >= 0.3 is 6.61 Å². The monoisotopic (exact) mass is 476 g/mol. The standard InChI is InChI=1S/C23H26F2N4O5/c1-33-19-13-16(7-8-18(19)34-23(24)25)22(32)27-14-20(30)26-15-21(31)29-11-9-28(10-12-29)17-5-3-2-4-6-17/h2-8,13,23H,9-12,14-15H2,1H3,(H,26,30)(H,27,32). The maximum atomic E-state index is 12.4. The highest BCUT2D eigenvalue weighted by Gasteiger charge is 2.21. The molecule has 0 aromatic heterocycles. The number of rotatable bonds is 9. The second-order valence-corrected chi connectivity index (χ2v) is 7.41. The van der Waals surface area contributed by atoms with Gasteiger partial charge in [-0.1, -0.05) is 18.2 Å². The van der Waals surface area contributed by atoms with Gasteiger partial charge in [-0.2, -0.15) is 8.78 Å². The van der Waals surface area contributed by atoms with Gasteiger partial charge in [0.1, 0.15) is 0 Å². The molecule has 2 aromatic carbocycles. The number of halogens is 2. The van der Waals surface area contributed by atoms with Crippen LogP contribution in [0, 0.1) is 0 Å². The minimum Gasteiger partial charge on any atom is -0.493 e. The molecule has 0 saturated carbocycles. The Labute approximate surface area is 195 Å². The van der Waals surface area contributed by atoms with E-state index in [9.17, 15) is 23.2 Å². The fourth-order valence-corrected chi connectivity index (χ4v) is 3.47. The summed E-state index contributed by atoms with van der Waals surface area (Å²) >= 11 is 0. The van der Waals surface area contributed by atoms with E-state index in [0.29, 0.717) is 26.2 Å². The van der Waals surface area contributed by atoms with Crippen LogP contribution in [0.2, 0.25) is 0 Å². The fourth-order valence-electron chi connectivity index (χ4n) is 3.47. The van der Waals surface area contributed by atoms with Crippen LogP contribution < -0.4 is 25.0 Å². The quantitative estimate of drug-likeness (QED) is 0.569. The molecular formula is C23H26F2N4O5. The second kappa shape index (κ2) is 11.8. The van der Waals surface area contributed by atoms with E-state index in [-0.39, 0.29) is 36.1 Å². The number of nitrogens with one attached hydrogen (secondary N) is 2. The van der Waals surface area contributed by atoms with E-state index in [1.54, 1.807) is 4.90 Å². The molecule has 0 atom stereocenters. The van der Waals surface area contributed by atoms with Gasteiger partial charge in [-0.15, -0.1) is 0 Å². The lowest BCUT2D eigenvalue weighted by Gasteiger charge is -2.36. The Morgan fingerprint density at radius 1 is 0.941 bits per heavy atom. The molecule has 0 radical (unpaired) electrons. The highest BCUT2D eigenvalue weighted by molar-refractivity contribution is 5.97. The van der Waals surface area contributed by atoms with Gasteiger partial charge in [0.25, 0.3) is 5.91 Å². The van der Waals surface area contributed by atoms with Gasteiger partial charge in [0.05, 0.1) is 20.2 Å². The lowest BCUT2D eigenvalue weighted by atomic mass is 10.2. The number of anilines is 1. The lowest BCUT2D eigenvalue weighted by molar-refractivity contribution is -0.132. The highest BCUT2D eigenvalue weighted by atomic mass is 19.3. The van der Waals surface area contributed by atoms with Gasteiger partial charge < -0.3 is 29.9 Å². The normalized spacial score (nSPS) is 13.4. The number of amides is 3. The maximum Gasteiger partial charge on any atom is 0.387 e. The third-order valence-electron chi connectivity index (χ3n) is 5.24. The van der Waals surface area contributed by atoms with Crippen LogP contribution in [0.15, 0.2) is 48.5 Å². The van der Waals surface area contributed by atoms with E-state index in [2.05, 4.69) is 20.3 Å². The summed E-state index contributed by atoms with van der Waals surface area (Å²) in [4.78, 5) is 40.6. The Bertz CT molecular complexity index is 998. The summed E-state index contributed by atoms with van der Waals surface area (Å²) in [6.07, 6.45) is 0. The molecule has 3 rings (SSSR count). The first-order valence-corrected chi connectivity index (χ1v) is 10.6.